The Morgan fingerprint density at radius 2 is 2.20 bits per heavy atom. The zero-order valence-electron chi connectivity index (χ0n) is 6.81. The Labute approximate surface area is 61.8 Å². The fourth-order valence-corrected chi connectivity index (χ4v) is 0.585. The fourth-order valence-electron chi connectivity index (χ4n) is 0.585. The van der Waals surface area contributed by atoms with E-state index in [9.17, 15) is 4.79 Å². The summed E-state index contributed by atoms with van der Waals surface area (Å²) in [4.78, 5) is 10.4. The minimum absolute atomic E-state index is 0.0110. The normalized spacial score (nSPS) is 24.3. The van der Waals surface area contributed by atoms with Crippen LogP contribution in [0.15, 0.2) is 0 Å². The van der Waals surface area contributed by atoms with Crippen molar-refractivity contribution in [3.8, 4) is 0 Å². The molecule has 1 fully saturated rings. The van der Waals surface area contributed by atoms with E-state index in [0.29, 0.717) is 6.54 Å². The third kappa shape index (κ3) is 3.45. The molecule has 1 heterocycles. The van der Waals surface area contributed by atoms with E-state index in [1.54, 1.807) is 0 Å². The number of hydrogen-bond donors (Lipinski definition) is 1. The second-order valence-corrected chi connectivity index (χ2v) is 1.93. The van der Waals surface area contributed by atoms with Gasteiger partial charge in [0.1, 0.15) is 6.61 Å². The summed E-state index contributed by atoms with van der Waals surface area (Å²) < 4.78 is 4.98. The van der Waals surface area contributed by atoms with Crippen LogP contribution in [-0.2, 0) is 9.53 Å². The second kappa shape index (κ2) is 5.23. The van der Waals surface area contributed by atoms with Gasteiger partial charge in [-0.2, -0.15) is 0 Å². The quantitative estimate of drug-likeness (QED) is 0.540. The van der Waals surface area contributed by atoms with Gasteiger partial charge in [-0.05, 0) is 6.92 Å². The van der Waals surface area contributed by atoms with Crippen LogP contribution >= 0.6 is 0 Å². The van der Waals surface area contributed by atoms with Crippen LogP contribution in [-0.4, -0.2) is 25.2 Å². The summed E-state index contributed by atoms with van der Waals surface area (Å²) in [5.41, 5.74) is 0. The lowest BCUT2D eigenvalue weighted by Gasteiger charge is -2.18. The van der Waals surface area contributed by atoms with E-state index >= 15 is 0 Å². The number of amides is 1. The molecule has 0 radical (unpaired) electrons. The van der Waals surface area contributed by atoms with Crippen molar-refractivity contribution >= 4 is 5.91 Å². The Bertz CT molecular complexity index is 93.8. The van der Waals surface area contributed by atoms with Crippen LogP contribution in [0.5, 0.6) is 0 Å². The summed E-state index contributed by atoms with van der Waals surface area (Å²) >= 11 is 0. The molecule has 0 aromatic heterocycles. The highest BCUT2D eigenvalue weighted by Crippen LogP contribution is 1.92. The molecule has 1 aliphatic rings. The molecule has 3 heteroatoms. The van der Waals surface area contributed by atoms with E-state index in [-0.39, 0.29) is 18.6 Å². The van der Waals surface area contributed by atoms with Crippen molar-refractivity contribution in [2.24, 2.45) is 0 Å². The molecule has 1 N–H and O–H groups in total. The van der Waals surface area contributed by atoms with Gasteiger partial charge in [0, 0.05) is 6.54 Å². The van der Waals surface area contributed by atoms with Crippen molar-refractivity contribution in [2.75, 3.05) is 13.2 Å². The SMILES string of the molecule is CC.CC1CNC(=O)CO1. The maximum absolute atomic E-state index is 10.4. The molecule has 0 aliphatic carbocycles. The highest BCUT2D eigenvalue weighted by molar-refractivity contribution is 5.77. The van der Waals surface area contributed by atoms with Gasteiger partial charge in [0.2, 0.25) is 5.91 Å². The van der Waals surface area contributed by atoms with Crippen molar-refractivity contribution < 1.29 is 9.53 Å². The molecular weight excluding hydrogens is 130 g/mol. The molecule has 0 aromatic rings. The van der Waals surface area contributed by atoms with Crippen LogP contribution in [0.4, 0.5) is 0 Å². The zero-order chi connectivity index (χ0) is 7.98. The molecule has 1 saturated heterocycles. The lowest BCUT2D eigenvalue weighted by Crippen LogP contribution is -2.41. The van der Waals surface area contributed by atoms with Crippen molar-refractivity contribution in [1.29, 1.82) is 0 Å². The molecule has 0 bridgehead atoms. The van der Waals surface area contributed by atoms with Gasteiger partial charge in [0.25, 0.3) is 0 Å². The van der Waals surface area contributed by atoms with Gasteiger partial charge in [0.05, 0.1) is 6.10 Å². The van der Waals surface area contributed by atoms with Crippen molar-refractivity contribution in [3.63, 3.8) is 0 Å². The summed E-state index contributed by atoms with van der Waals surface area (Å²) in [7, 11) is 0. The fraction of sp³-hybridized carbons (Fsp3) is 0.857. The summed E-state index contributed by atoms with van der Waals surface area (Å²) in [6.45, 7) is 6.80. The first-order chi connectivity index (χ1) is 4.79. The number of carbonyl (C=O) groups excluding carboxylic acids is 1. The first kappa shape index (κ1) is 9.43. The number of carbonyl (C=O) groups is 1. The Hall–Kier alpha value is -0.570. The predicted molar refractivity (Wildman–Crippen MR) is 39.8 cm³/mol. The zero-order valence-corrected chi connectivity index (χ0v) is 6.81. The Kier molecular flexibility index (Phi) is 4.94. The van der Waals surface area contributed by atoms with E-state index in [4.69, 9.17) is 4.74 Å². The Morgan fingerprint density at radius 3 is 2.50 bits per heavy atom. The molecule has 60 valence electrons. The summed E-state index contributed by atoms with van der Waals surface area (Å²) in [5.74, 6) is -0.0110. The van der Waals surface area contributed by atoms with E-state index in [0.717, 1.165) is 0 Å². The summed E-state index contributed by atoms with van der Waals surface area (Å²) in [6.07, 6.45) is 0.188. The Morgan fingerprint density at radius 1 is 1.60 bits per heavy atom. The summed E-state index contributed by atoms with van der Waals surface area (Å²) in [6, 6.07) is 0. The molecule has 1 amide bonds. The van der Waals surface area contributed by atoms with Gasteiger partial charge >= 0.3 is 0 Å². The van der Waals surface area contributed by atoms with Crippen LogP contribution < -0.4 is 5.32 Å². The average Bonchev–Trinajstić information content (AvgIpc) is 2.00. The number of morpholine rings is 1. The maximum Gasteiger partial charge on any atom is 0.246 e. The van der Waals surface area contributed by atoms with E-state index in [1.165, 1.54) is 0 Å². The summed E-state index contributed by atoms with van der Waals surface area (Å²) in [5, 5.41) is 2.67. The maximum atomic E-state index is 10.4. The number of nitrogens with one attached hydrogen (secondary N) is 1. The topological polar surface area (TPSA) is 38.3 Å². The van der Waals surface area contributed by atoms with Crippen LogP contribution in [0.25, 0.3) is 0 Å². The molecule has 1 rings (SSSR count). The lowest BCUT2D eigenvalue weighted by molar-refractivity contribution is -0.132. The molecule has 1 atom stereocenters. The lowest BCUT2D eigenvalue weighted by atomic mass is 10.3. The highest BCUT2D eigenvalue weighted by atomic mass is 16.5. The van der Waals surface area contributed by atoms with E-state index in [2.05, 4.69) is 5.32 Å². The van der Waals surface area contributed by atoms with Crippen LogP contribution in [0.3, 0.4) is 0 Å². The second-order valence-electron chi connectivity index (χ2n) is 1.93. The van der Waals surface area contributed by atoms with Crippen molar-refractivity contribution in [1.82, 2.24) is 5.32 Å². The Balaban J connectivity index is 0.000000371. The monoisotopic (exact) mass is 145 g/mol. The standard InChI is InChI=1S/C5H9NO2.C2H6/c1-4-2-6-5(7)3-8-4;1-2/h4H,2-3H2,1H3,(H,6,7);1-2H3. The smallest absolute Gasteiger partial charge is 0.246 e. The first-order valence-corrected chi connectivity index (χ1v) is 3.67. The predicted octanol–water partition coefficient (Wildman–Crippen LogP) is 0.547. The molecule has 1 aliphatic heterocycles. The molecule has 1 unspecified atom stereocenters. The van der Waals surface area contributed by atoms with Gasteiger partial charge in [-0.25, -0.2) is 0 Å². The van der Waals surface area contributed by atoms with Gasteiger partial charge < -0.3 is 10.1 Å². The van der Waals surface area contributed by atoms with Gasteiger partial charge in [0.15, 0.2) is 0 Å². The minimum Gasteiger partial charge on any atom is -0.367 e. The van der Waals surface area contributed by atoms with Gasteiger partial charge in [-0.3, -0.25) is 4.79 Å². The van der Waals surface area contributed by atoms with Crippen molar-refractivity contribution in [3.05, 3.63) is 0 Å². The van der Waals surface area contributed by atoms with Gasteiger partial charge in [-0.1, -0.05) is 13.8 Å². The third-order valence-corrected chi connectivity index (χ3v) is 1.09. The molecule has 3 nitrogen and oxygen atoms in total. The molecule has 0 spiro atoms. The van der Waals surface area contributed by atoms with Crippen molar-refractivity contribution in [2.45, 2.75) is 26.9 Å². The third-order valence-electron chi connectivity index (χ3n) is 1.09. The van der Waals surface area contributed by atoms with Crippen LogP contribution in [0.2, 0.25) is 0 Å². The van der Waals surface area contributed by atoms with Crippen LogP contribution in [0.1, 0.15) is 20.8 Å². The largest absolute Gasteiger partial charge is 0.367 e. The van der Waals surface area contributed by atoms with E-state index in [1.807, 2.05) is 20.8 Å². The number of rotatable bonds is 0. The highest BCUT2D eigenvalue weighted by Gasteiger charge is 2.12. The van der Waals surface area contributed by atoms with Crippen LogP contribution in [0, 0.1) is 0 Å². The number of hydrogen-bond acceptors (Lipinski definition) is 2. The molecule has 10 heavy (non-hydrogen) atoms. The average molecular weight is 145 g/mol. The van der Waals surface area contributed by atoms with Gasteiger partial charge in [-0.15, -0.1) is 0 Å². The molecule has 0 aromatic carbocycles. The minimum atomic E-state index is -0.0110. The first-order valence-electron chi connectivity index (χ1n) is 3.67. The van der Waals surface area contributed by atoms with E-state index < -0.39 is 0 Å². The molecule has 0 saturated carbocycles. The molecular formula is C7H15NO2. The number of ether oxygens (including phenoxy) is 1.